The largest absolute Gasteiger partial charge is 0.395 e. The third kappa shape index (κ3) is 3.67. The predicted octanol–water partition coefficient (Wildman–Crippen LogP) is 1.17. The van der Waals surface area contributed by atoms with Crippen molar-refractivity contribution < 1.29 is 13.5 Å². The normalized spacial score (nSPS) is 15.7. The first-order valence-corrected chi connectivity index (χ1v) is 8.93. The maximum absolute atomic E-state index is 12.6. The molecule has 0 atom stereocenters. The van der Waals surface area contributed by atoms with Crippen molar-refractivity contribution in [3.05, 3.63) is 29.0 Å². The highest BCUT2D eigenvalue weighted by Gasteiger charge is 2.27. The summed E-state index contributed by atoms with van der Waals surface area (Å²) in [7, 11) is -3.57. The Labute approximate surface area is 124 Å². The average molecular weight is 316 g/mol. The van der Waals surface area contributed by atoms with Gasteiger partial charge in [-0.1, -0.05) is 6.08 Å². The first-order chi connectivity index (χ1) is 9.59. The zero-order valence-corrected chi connectivity index (χ0v) is 12.9. The fourth-order valence-corrected chi connectivity index (χ4v) is 4.68. The second-order valence-electron chi connectivity index (χ2n) is 4.74. The summed E-state index contributed by atoms with van der Waals surface area (Å²) in [5, 5.41) is 14.2. The van der Waals surface area contributed by atoms with Gasteiger partial charge in [-0.25, -0.2) is 8.42 Å². The van der Waals surface area contributed by atoms with Crippen LogP contribution in [0.15, 0.2) is 29.0 Å². The van der Waals surface area contributed by atoms with E-state index in [1.165, 1.54) is 34.6 Å². The van der Waals surface area contributed by atoms with Crippen LogP contribution in [0.3, 0.4) is 0 Å². The van der Waals surface area contributed by atoms with E-state index in [0.717, 1.165) is 4.88 Å². The van der Waals surface area contributed by atoms with Gasteiger partial charge in [-0.2, -0.15) is 4.31 Å². The smallest absolute Gasteiger partial charge is 0.244 e. The molecule has 0 amide bonds. The predicted molar refractivity (Wildman–Crippen MR) is 80.2 cm³/mol. The Morgan fingerprint density at radius 2 is 2.30 bits per heavy atom. The molecule has 0 aliphatic heterocycles. The Hall–Kier alpha value is -0.730. The van der Waals surface area contributed by atoms with Gasteiger partial charge in [0, 0.05) is 30.6 Å². The number of rotatable bonds is 9. The molecule has 0 spiro atoms. The van der Waals surface area contributed by atoms with E-state index in [1.807, 2.05) is 0 Å². The molecule has 1 fully saturated rings. The van der Waals surface area contributed by atoms with Crippen molar-refractivity contribution in [2.75, 3.05) is 19.7 Å². The summed E-state index contributed by atoms with van der Waals surface area (Å²) in [6.07, 6.45) is 3.86. The molecule has 0 bridgehead atoms. The first kappa shape index (κ1) is 15.7. The summed E-state index contributed by atoms with van der Waals surface area (Å²) in [5.74, 6) is 0. The fourth-order valence-electron chi connectivity index (χ4n) is 1.92. The van der Waals surface area contributed by atoms with Gasteiger partial charge in [-0.15, -0.1) is 17.9 Å². The Morgan fingerprint density at radius 3 is 2.90 bits per heavy atom. The molecule has 2 N–H and O–H groups in total. The molecule has 1 aliphatic rings. The fraction of sp³-hybridized carbons (Fsp3) is 0.538. The summed E-state index contributed by atoms with van der Waals surface area (Å²) in [5.41, 5.74) is 0. The zero-order valence-electron chi connectivity index (χ0n) is 11.3. The molecule has 112 valence electrons. The van der Waals surface area contributed by atoms with Crippen LogP contribution < -0.4 is 5.32 Å². The lowest BCUT2D eigenvalue weighted by molar-refractivity contribution is 0.260. The van der Waals surface area contributed by atoms with Gasteiger partial charge in [0.25, 0.3) is 0 Å². The molecule has 0 unspecified atom stereocenters. The molecule has 1 aromatic rings. The van der Waals surface area contributed by atoms with E-state index in [9.17, 15) is 8.42 Å². The molecule has 1 aromatic heterocycles. The standard InChI is InChI=1S/C13H20N2O3S2/c1-2-6-15(7-8-16)20(17,18)13-5-9-19-12(13)10-14-11-3-4-11/h2,5,9,11,14,16H,1,3-4,6-8,10H2. The molecular formula is C13H20N2O3S2. The van der Waals surface area contributed by atoms with Crippen LogP contribution in [0, 0.1) is 0 Å². The lowest BCUT2D eigenvalue weighted by atomic mass is 10.4. The van der Waals surface area contributed by atoms with Gasteiger partial charge in [-0.3, -0.25) is 0 Å². The minimum absolute atomic E-state index is 0.0830. The van der Waals surface area contributed by atoms with Crippen molar-refractivity contribution in [1.29, 1.82) is 0 Å². The van der Waals surface area contributed by atoms with E-state index in [4.69, 9.17) is 5.11 Å². The molecule has 0 aromatic carbocycles. The second kappa shape index (κ2) is 6.82. The van der Waals surface area contributed by atoms with Crippen molar-refractivity contribution in [3.63, 3.8) is 0 Å². The Balaban J connectivity index is 2.18. The third-order valence-corrected chi connectivity index (χ3v) is 6.13. The molecule has 5 nitrogen and oxygen atoms in total. The number of aliphatic hydroxyl groups is 1. The quantitative estimate of drug-likeness (QED) is 0.671. The number of hydrogen-bond donors (Lipinski definition) is 2. The highest BCUT2D eigenvalue weighted by molar-refractivity contribution is 7.89. The lowest BCUT2D eigenvalue weighted by Crippen LogP contribution is -2.34. The molecular weight excluding hydrogens is 296 g/mol. The number of aliphatic hydroxyl groups excluding tert-OH is 1. The summed E-state index contributed by atoms with van der Waals surface area (Å²) in [6, 6.07) is 2.17. The van der Waals surface area contributed by atoms with Crippen molar-refractivity contribution in [1.82, 2.24) is 9.62 Å². The van der Waals surface area contributed by atoms with Crippen LogP contribution >= 0.6 is 11.3 Å². The van der Waals surface area contributed by atoms with Crippen LogP contribution in [0.4, 0.5) is 0 Å². The van der Waals surface area contributed by atoms with Gasteiger partial charge in [0.15, 0.2) is 0 Å². The molecule has 7 heteroatoms. The number of thiophene rings is 1. The third-order valence-electron chi connectivity index (χ3n) is 3.13. The summed E-state index contributed by atoms with van der Waals surface area (Å²) in [6.45, 7) is 4.24. The topological polar surface area (TPSA) is 69.6 Å². The van der Waals surface area contributed by atoms with E-state index in [2.05, 4.69) is 11.9 Å². The molecule has 20 heavy (non-hydrogen) atoms. The Kier molecular flexibility index (Phi) is 5.34. The van der Waals surface area contributed by atoms with E-state index >= 15 is 0 Å². The summed E-state index contributed by atoms with van der Waals surface area (Å²) < 4.78 is 26.5. The van der Waals surface area contributed by atoms with Crippen molar-refractivity contribution >= 4 is 21.4 Å². The molecule has 0 radical (unpaired) electrons. The monoisotopic (exact) mass is 316 g/mol. The van der Waals surface area contributed by atoms with E-state index in [-0.39, 0.29) is 19.7 Å². The summed E-state index contributed by atoms with van der Waals surface area (Å²) >= 11 is 1.44. The number of nitrogens with zero attached hydrogens (tertiary/aromatic N) is 1. The van der Waals surface area contributed by atoms with E-state index < -0.39 is 10.0 Å². The Bertz CT molecular complexity index is 550. The van der Waals surface area contributed by atoms with Gasteiger partial charge in [-0.05, 0) is 24.3 Å². The van der Waals surface area contributed by atoms with Gasteiger partial charge in [0.1, 0.15) is 0 Å². The van der Waals surface area contributed by atoms with Crippen molar-refractivity contribution in [2.24, 2.45) is 0 Å². The minimum Gasteiger partial charge on any atom is -0.395 e. The number of nitrogens with one attached hydrogen (secondary N) is 1. The molecule has 1 saturated carbocycles. The zero-order chi connectivity index (χ0) is 14.6. The first-order valence-electron chi connectivity index (χ1n) is 6.61. The van der Waals surface area contributed by atoms with Gasteiger partial charge in [0.05, 0.1) is 11.5 Å². The maximum Gasteiger partial charge on any atom is 0.244 e. The van der Waals surface area contributed by atoms with E-state index in [0.29, 0.717) is 17.5 Å². The van der Waals surface area contributed by atoms with Crippen LogP contribution in [-0.2, 0) is 16.6 Å². The van der Waals surface area contributed by atoms with Gasteiger partial charge >= 0.3 is 0 Å². The SMILES string of the molecule is C=CCN(CCO)S(=O)(=O)c1ccsc1CNC1CC1. The van der Waals surface area contributed by atoms with Crippen molar-refractivity contribution in [3.8, 4) is 0 Å². The minimum atomic E-state index is -3.57. The van der Waals surface area contributed by atoms with Gasteiger partial charge in [0.2, 0.25) is 10.0 Å². The van der Waals surface area contributed by atoms with Crippen LogP contribution in [0.25, 0.3) is 0 Å². The summed E-state index contributed by atoms with van der Waals surface area (Å²) in [4.78, 5) is 1.16. The molecule has 0 saturated heterocycles. The second-order valence-corrected chi connectivity index (χ2v) is 7.65. The van der Waals surface area contributed by atoms with Crippen LogP contribution in [0.2, 0.25) is 0 Å². The molecule has 2 rings (SSSR count). The maximum atomic E-state index is 12.6. The Morgan fingerprint density at radius 1 is 1.55 bits per heavy atom. The molecule has 1 aliphatic carbocycles. The van der Waals surface area contributed by atoms with Crippen LogP contribution in [0.5, 0.6) is 0 Å². The van der Waals surface area contributed by atoms with Gasteiger partial charge < -0.3 is 10.4 Å². The van der Waals surface area contributed by atoms with Crippen molar-refractivity contribution in [2.45, 2.75) is 30.3 Å². The number of sulfonamides is 1. The number of hydrogen-bond acceptors (Lipinski definition) is 5. The highest BCUT2D eigenvalue weighted by Crippen LogP contribution is 2.27. The van der Waals surface area contributed by atoms with E-state index in [1.54, 1.807) is 11.4 Å². The average Bonchev–Trinajstić information content (AvgIpc) is 3.12. The lowest BCUT2D eigenvalue weighted by Gasteiger charge is -2.20. The highest BCUT2D eigenvalue weighted by atomic mass is 32.2. The van der Waals surface area contributed by atoms with Crippen LogP contribution in [-0.4, -0.2) is 43.6 Å². The molecule has 1 heterocycles. The van der Waals surface area contributed by atoms with Crippen LogP contribution in [0.1, 0.15) is 17.7 Å².